The summed E-state index contributed by atoms with van der Waals surface area (Å²) >= 11 is 1.66. The molecule has 3 aromatic heterocycles. The molecule has 1 aliphatic rings. The van der Waals surface area contributed by atoms with E-state index in [1.165, 1.54) is 25.7 Å². The average Bonchev–Trinajstić information content (AvgIpc) is 3.60. The van der Waals surface area contributed by atoms with Gasteiger partial charge in [0.25, 0.3) is 0 Å². The number of hydrogen-bond acceptors (Lipinski definition) is 6. The number of rotatable bonds is 9. The van der Waals surface area contributed by atoms with Gasteiger partial charge >= 0.3 is 0 Å². The van der Waals surface area contributed by atoms with Gasteiger partial charge in [0.2, 0.25) is 5.91 Å². The van der Waals surface area contributed by atoms with Crippen LogP contribution in [-0.2, 0) is 17.6 Å². The molecule has 8 nitrogen and oxygen atoms in total. The molecule has 1 fully saturated rings. The molecule has 1 amide bonds. The minimum absolute atomic E-state index is 0.0663. The molecule has 1 aromatic carbocycles. The second kappa shape index (κ2) is 10.4. The van der Waals surface area contributed by atoms with Gasteiger partial charge in [-0.15, -0.1) is 10.2 Å². The van der Waals surface area contributed by atoms with Crippen LogP contribution in [-0.4, -0.2) is 48.1 Å². The quantitative estimate of drug-likeness (QED) is 0.272. The molecule has 1 aliphatic carbocycles. The average molecular weight is 492 g/mol. The van der Waals surface area contributed by atoms with E-state index in [0.29, 0.717) is 25.4 Å². The maximum atomic E-state index is 12.6. The molecular weight excluding hydrogens is 458 g/mol. The molecule has 1 N–H and O–H groups in total. The number of thioether (sulfide) groups is 1. The third kappa shape index (κ3) is 4.78. The van der Waals surface area contributed by atoms with Gasteiger partial charge in [0.15, 0.2) is 10.8 Å². The number of carbonyl (C=O) groups excluding carboxylic acids is 1. The van der Waals surface area contributed by atoms with Crippen molar-refractivity contribution in [2.24, 2.45) is 0 Å². The molecular formula is C26H33N7OS. The van der Waals surface area contributed by atoms with E-state index in [1.807, 2.05) is 29.6 Å². The van der Waals surface area contributed by atoms with Crippen LogP contribution in [0, 0.1) is 13.8 Å². The van der Waals surface area contributed by atoms with Crippen LogP contribution in [0.3, 0.4) is 0 Å². The van der Waals surface area contributed by atoms with Crippen molar-refractivity contribution in [1.82, 2.24) is 34.7 Å². The lowest BCUT2D eigenvalue weighted by atomic mass is 10.1. The van der Waals surface area contributed by atoms with Gasteiger partial charge in [-0.25, -0.2) is 9.50 Å². The van der Waals surface area contributed by atoms with Crippen LogP contribution in [0.25, 0.3) is 16.6 Å². The predicted molar refractivity (Wildman–Crippen MR) is 139 cm³/mol. The zero-order chi connectivity index (χ0) is 24.4. The molecule has 184 valence electrons. The maximum absolute atomic E-state index is 12.6. The first-order valence-electron chi connectivity index (χ1n) is 12.5. The summed E-state index contributed by atoms with van der Waals surface area (Å²) in [4.78, 5) is 17.4. The first-order chi connectivity index (χ1) is 17.1. The minimum atomic E-state index is 0.0663. The first kappa shape index (κ1) is 23.8. The number of aryl methyl sites for hydroxylation is 3. The Morgan fingerprint density at radius 2 is 1.94 bits per heavy atom. The standard InChI is InChI=1S/C26H33N7OS/c1-17-20(18(2)33-25(28-17)21-11-6-7-12-22(21)31-33)14-15-24(34)27-16-8-13-23-29-30-26(35-3)32(23)19-9-4-5-10-19/h6-7,11-12,19H,4-5,8-10,13-16H2,1-3H3,(H,27,34). The van der Waals surface area contributed by atoms with Gasteiger partial charge in [0.1, 0.15) is 5.82 Å². The molecule has 0 bridgehead atoms. The lowest BCUT2D eigenvalue weighted by molar-refractivity contribution is -0.121. The molecule has 1 saturated carbocycles. The summed E-state index contributed by atoms with van der Waals surface area (Å²) in [6.07, 6.45) is 9.82. The predicted octanol–water partition coefficient (Wildman–Crippen LogP) is 4.61. The van der Waals surface area contributed by atoms with E-state index in [-0.39, 0.29) is 5.91 Å². The molecule has 0 saturated heterocycles. The third-order valence-corrected chi connectivity index (χ3v) is 7.77. The lowest BCUT2D eigenvalue weighted by Crippen LogP contribution is -2.25. The fraction of sp³-hybridized carbons (Fsp3) is 0.500. The molecule has 0 spiro atoms. The molecule has 3 heterocycles. The van der Waals surface area contributed by atoms with Gasteiger partial charge in [-0.3, -0.25) is 4.79 Å². The van der Waals surface area contributed by atoms with Crippen molar-refractivity contribution in [1.29, 1.82) is 0 Å². The van der Waals surface area contributed by atoms with Crippen molar-refractivity contribution < 1.29 is 4.79 Å². The summed E-state index contributed by atoms with van der Waals surface area (Å²) in [6.45, 7) is 4.72. The first-order valence-corrected chi connectivity index (χ1v) is 13.8. The fourth-order valence-corrected chi connectivity index (χ4v) is 5.86. The largest absolute Gasteiger partial charge is 0.356 e. The van der Waals surface area contributed by atoms with Crippen molar-refractivity contribution in [3.05, 3.63) is 47.0 Å². The normalized spacial score (nSPS) is 14.4. The molecule has 5 rings (SSSR count). The van der Waals surface area contributed by atoms with Crippen LogP contribution in [0.15, 0.2) is 29.4 Å². The minimum Gasteiger partial charge on any atom is -0.356 e. The van der Waals surface area contributed by atoms with Gasteiger partial charge in [0, 0.05) is 42.2 Å². The molecule has 4 aromatic rings. The highest BCUT2D eigenvalue weighted by Gasteiger charge is 2.23. The summed E-state index contributed by atoms with van der Waals surface area (Å²) < 4.78 is 4.25. The summed E-state index contributed by atoms with van der Waals surface area (Å²) in [6, 6.07) is 8.58. The Morgan fingerprint density at radius 1 is 1.14 bits per heavy atom. The van der Waals surface area contributed by atoms with Crippen molar-refractivity contribution in [2.45, 2.75) is 76.4 Å². The number of fused-ring (bicyclic) bond motifs is 3. The summed E-state index contributed by atoms with van der Waals surface area (Å²) in [5.41, 5.74) is 4.91. The van der Waals surface area contributed by atoms with E-state index >= 15 is 0 Å². The number of aromatic nitrogens is 6. The monoisotopic (exact) mass is 491 g/mol. The van der Waals surface area contributed by atoms with E-state index in [0.717, 1.165) is 57.3 Å². The molecule has 0 unspecified atom stereocenters. The zero-order valence-electron chi connectivity index (χ0n) is 20.8. The van der Waals surface area contributed by atoms with Gasteiger partial charge < -0.3 is 9.88 Å². The van der Waals surface area contributed by atoms with Crippen LogP contribution < -0.4 is 5.32 Å². The van der Waals surface area contributed by atoms with E-state index in [2.05, 4.69) is 39.3 Å². The number of carbonyl (C=O) groups is 1. The van der Waals surface area contributed by atoms with Crippen LogP contribution in [0.5, 0.6) is 0 Å². The van der Waals surface area contributed by atoms with Gasteiger partial charge in [-0.1, -0.05) is 36.7 Å². The van der Waals surface area contributed by atoms with Gasteiger partial charge in [-0.05, 0) is 63.5 Å². The number of hydrogen-bond donors (Lipinski definition) is 1. The Labute approximate surface area is 209 Å². The smallest absolute Gasteiger partial charge is 0.220 e. The van der Waals surface area contributed by atoms with Crippen molar-refractivity contribution in [2.75, 3.05) is 12.8 Å². The van der Waals surface area contributed by atoms with E-state index < -0.39 is 0 Å². The highest BCUT2D eigenvalue weighted by atomic mass is 32.2. The Balaban J connectivity index is 1.16. The van der Waals surface area contributed by atoms with Crippen molar-refractivity contribution >= 4 is 34.2 Å². The summed E-state index contributed by atoms with van der Waals surface area (Å²) in [7, 11) is 0. The number of benzene rings is 1. The van der Waals surface area contributed by atoms with E-state index in [1.54, 1.807) is 11.8 Å². The molecule has 0 radical (unpaired) electrons. The molecule has 0 aliphatic heterocycles. The highest BCUT2D eigenvalue weighted by Crippen LogP contribution is 2.33. The van der Waals surface area contributed by atoms with Crippen LogP contribution in [0.1, 0.15) is 67.3 Å². The third-order valence-electron chi connectivity index (χ3n) is 7.13. The van der Waals surface area contributed by atoms with E-state index in [9.17, 15) is 4.79 Å². The van der Waals surface area contributed by atoms with Crippen LogP contribution in [0.4, 0.5) is 0 Å². The Kier molecular flexibility index (Phi) is 7.04. The molecule has 35 heavy (non-hydrogen) atoms. The van der Waals surface area contributed by atoms with Gasteiger partial charge in [0.05, 0.1) is 5.52 Å². The fourth-order valence-electron chi connectivity index (χ4n) is 5.29. The van der Waals surface area contributed by atoms with Crippen LogP contribution >= 0.6 is 11.8 Å². The molecule has 0 atom stereocenters. The Hall–Kier alpha value is -2.94. The van der Waals surface area contributed by atoms with Crippen LogP contribution in [0.2, 0.25) is 0 Å². The highest BCUT2D eigenvalue weighted by molar-refractivity contribution is 7.98. The number of nitrogens with zero attached hydrogens (tertiary/aromatic N) is 6. The molecule has 9 heteroatoms. The topological polar surface area (TPSA) is 90.0 Å². The Bertz CT molecular complexity index is 1350. The number of amides is 1. The van der Waals surface area contributed by atoms with Gasteiger partial charge in [-0.2, -0.15) is 5.10 Å². The van der Waals surface area contributed by atoms with Crippen molar-refractivity contribution in [3.63, 3.8) is 0 Å². The van der Waals surface area contributed by atoms with Crippen molar-refractivity contribution in [3.8, 4) is 0 Å². The second-order valence-corrected chi connectivity index (χ2v) is 10.2. The number of nitrogens with one attached hydrogen (secondary N) is 1. The zero-order valence-corrected chi connectivity index (χ0v) is 21.6. The maximum Gasteiger partial charge on any atom is 0.220 e. The SMILES string of the molecule is CSc1nnc(CCCNC(=O)CCc2c(C)nc3c4ccccc4nn3c2C)n1C1CCCC1. The lowest BCUT2D eigenvalue weighted by Gasteiger charge is -2.16. The summed E-state index contributed by atoms with van der Waals surface area (Å²) in [5, 5.41) is 18.7. The summed E-state index contributed by atoms with van der Waals surface area (Å²) in [5.74, 6) is 1.12. The Morgan fingerprint density at radius 3 is 2.74 bits per heavy atom. The van der Waals surface area contributed by atoms with E-state index in [4.69, 9.17) is 10.1 Å². The second-order valence-electron chi connectivity index (χ2n) is 9.38.